The quantitative estimate of drug-likeness (QED) is 0.837. The van der Waals surface area contributed by atoms with E-state index in [1.54, 1.807) is 28.9 Å². The van der Waals surface area contributed by atoms with Crippen LogP contribution in [0.1, 0.15) is 22.8 Å². The normalized spacial score (nSPS) is 18.0. The van der Waals surface area contributed by atoms with Crippen LogP contribution in [0.25, 0.3) is 0 Å². The minimum atomic E-state index is -0.526. The smallest absolute Gasteiger partial charge is 0.254 e. The van der Waals surface area contributed by atoms with Crippen molar-refractivity contribution >= 4 is 29.1 Å². The lowest BCUT2D eigenvalue weighted by atomic mass is 10.0. The summed E-state index contributed by atoms with van der Waals surface area (Å²) in [6.07, 6.45) is 0. The summed E-state index contributed by atoms with van der Waals surface area (Å²) in [5, 5.41) is 0.539. The first-order valence-electron chi connectivity index (χ1n) is 7.93. The van der Waals surface area contributed by atoms with Crippen LogP contribution in [0.5, 0.6) is 0 Å². The summed E-state index contributed by atoms with van der Waals surface area (Å²) >= 11 is 6.21. The van der Waals surface area contributed by atoms with E-state index in [1.165, 1.54) is 0 Å². The first-order chi connectivity index (χ1) is 11.5. The molecule has 1 aliphatic rings. The van der Waals surface area contributed by atoms with Gasteiger partial charge in [0.1, 0.15) is 6.04 Å². The number of hydrogen-bond acceptors (Lipinski definition) is 2. The summed E-state index contributed by atoms with van der Waals surface area (Å²) in [6.45, 7) is 4.58. The highest BCUT2D eigenvalue weighted by Gasteiger charge is 2.36. The molecule has 0 bridgehead atoms. The van der Waals surface area contributed by atoms with Crippen LogP contribution in [-0.4, -0.2) is 35.8 Å². The highest BCUT2D eigenvalue weighted by molar-refractivity contribution is 6.33. The zero-order chi connectivity index (χ0) is 17.3. The highest BCUT2D eigenvalue weighted by Crippen LogP contribution is 2.28. The van der Waals surface area contributed by atoms with E-state index >= 15 is 0 Å². The number of nitrogens with zero attached hydrogens (tertiary/aromatic N) is 2. The lowest BCUT2D eigenvalue weighted by molar-refractivity contribution is -0.124. The summed E-state index contributed by atoms with van der Waals surface area (Å²) in [5.74, 6) is -0.218. The Balaban J connectivity index is 1.84. The number of benzene rings is 2. The number of rotatable bonds is 2. The van der Waals surface area contributed by atoms with Crippen molar-refractivity contribution in [3.63, 3.8) is 0 Å². The molecule has 2 aromatic rings. The Kier molecular flexibility index (Phi) is 4.58. The van der Waals surface area contributed by atoms with Crippen molar-refractivity contribution in [2.24, 2.45) is 0 Å². The molecule has 3 rings (SSSR count). The molecular weight excluding hydrogens is 324 g/mol. The third-order valence-electron chi connectivity index (χ3n) is 4.44. The second-order valence-corrected chi connectivity index (χ2v) is 6.34. The van der Waals surface area contributed by atoms with E-state index in [0.29, 0.717) is 29.4 Å². The molecule has 0 aromatic heterocycles. The Hall–Kier alpha value is -2.33. The minimum absolute atomic E-state index is 0.104. The predicted molar refractivity (Wildman–Crippen MR) is 95.5 cm³/mol. The Bertz CT molecular complexity index is 790. The number of anilines is 1. The van der Waals surface area contributed by atoms with Crippen molar-refractivity contribution in [2.75, 3.05) is 18.0 Å². The van der Waals surface area contributed by atoms with Gasteiger partial charge < -0.3 is 9.80 Å². The van der Waals surface area contributed by atoms with E-state index in [2.05, 4.69) is 0 Å². The average molecular weight is 343 g/mol. The Morgan fingerprint density at radius 1 is 1.08 bits per heavy atom. The second-order valence-electron chi connectivity index (χ2n) is 5.93. The fourth-order valence-electron chi connectivity index (χ4n) is 3.03. The van der Waals surface area contributed by atoms with Gasteiger partial charge in [0.05, 0.1) is 10.7 Å². The number of aryl methyl sites for hydroxylation is 1. The molecule has 0 spiro atoms. The van der Waals surface area contributed by atoms with Crippen molar-refractivity contribution in [2.45, 2.75) is 19.9 Å². The van der Waals surface area contributed by atoms with E-state index in [9.17, 15) is 9.59 Å². The molecule has 0 N–H and O–H groups in total. The molecule has 5 heteroatoms. The topological polar surface area (TPSA) is 40.6 Å². The molecule has 24 heavy (non-hydrogen) atoms. The second kappa shape index (κ2) is 6.65. The van der Waals surface area contributed by atoms with Crippen molar-refractivity contribution in [1.82, 2.24) is 4.90 Å². The van der Waals surface area contributed by atoms with Gasteiger partial charge in [-0.3, -0.25) is 9.59 Å². The standard InChI is InChI=1S/C19H19ClN2O2/c1-13-7-3-4-8-15(13)19(24)21-11-12-22(18(23)14(21)2)17-10-6-5-9-16(17)20/h3-10,14H,11-12H2,1-2H3/t14-/m0/s1. The van der Waals surface area contributed by atoms with Crippen LogP contribution < -0.4 is 4.90 Å². The van der Waals surface area contributed by atoms with E-state index in [4.69, 9.17) is 11.6 Å². The molecule has 0 unspecified atom stereocenters. The lowest BCUT2D eigenvalue weighted by Crippen LogP contribution is -2.57. The van der Waals surface area contributed by atoms with Crippen LogP contribution >= 0.6 is 11.6 Å². The summed E-state index contributed by atoms with van der Waals surface area (Å²) in [4.78, 5) is 28.9. The van der Waals surface area contributed by atoms with E-state index in [-0.39, 0.29) is 11.8 Å². The fourth-order valence-corrected chi connectivity index (χ4v) is 3.26. The number of carbonyl (C=O) groups is 2. The number of piperazine rings is 1. The zero-order valence-electron chi connectivity index (χ0n) is 13.7. The molecule has 1 saturated heterocycles. The number of para-hydroxylation sites is 1. The first-order valence-corrected chi connectivity index (χ1v) is 8.31. The fraction of sp³-hybridized carbons (Fsp3) is 0.263. The molecule has 1 aliphatic heterocycles. The summed E-state index contributed by atoms with van der Waals surface area (Å²) in [7, 11) is 0. The van der Waals surface area contributed by atoms with Crippen LogP contribution in [0.3, 0.4) is 0 Å². The maximum Gasteiger partial charge on any atom is 0.254 e. The van der Waals surface area contributed by atoms with Crippen LogP contribution in [0.2, 0.25) is 5.02 Å². The molecule has 4 nitrogen and oxygen atoms in total. The molecule has 2 aromatic carbocycles. The number of carbonyl (C=O) groups excluding carboxylic acids is 2. The van der Waals surface area contributed by atoms with Gasteiger partial charge in [0, 0.05) is 18.7 Å². The monoisotopic (exact) mass is 342 g/mol. The Morgan fingerprint density at radius 2 is 1.75 bits per heavy atom. The highest BCUT2D eigenvalue weighted by atomic mass is 35.5. The maximum absolute atomic E-state index is 12.8. The average Bonchev–Trinajstić information content (AvgIpc) is 2.58. The van der Waals surface area contributed by atoms with Gasteiger partial charge in [0.25, 0.3) is 5.91 Å². The molecule has 0 radical (unpaired) electrons. The van der Waals surface area contributed by atoms with Crippen LogP contribution in [0.4, 0.5) is 5.69 Å². The molecule has 0 saturated carbocycles. The largest absolute Gasteiger partial charge is 0.325 e. The van der Waals surface area contributed by atoms with Gasteiger partial charge in [0.2, 0.25) is 5.91 Å². The van der Waals surface area contributed by atoms with Gasteiger partial charge in [-0.2, -0.15) is 0 Å². The number of amides is 2. The molecule has 1 fully saturated rings. The SMILES string of the molecule is Cc1ccccc1C(=O)N1CCN(c2ccccc2Cl)C(=O)[C@@H]1C. The Labute approximate surface area is 146 Å². The van der Waals surface area contributed by atoms with Crippen molar-refractivity contribution in [3.8, 4) is 0 Å². The van der Waals surface area contributed by atoms with Gasteiger partial charge in [-0.25, -0.2) is 0 Å². The summed E-state index contributed by atoms with van der Waals surface area (Å²) in [5.41, 5.74) is 2.25. The number of halogens is 1. The molecular formula is C19H19ClN2O2. The summed E-state index contributed by atoms with van der Waals surface area (Å²) < 4.78 is 0. The molecule has 1 atom stereocenters. The van der Waals surface area contributed by atoms with Crippen molar-refractivity contribution in [1.29, 1.82) is 0 Å². The minimum Gasteiger partial charge on any atom is -0.325 e. The third kappa shape index (κ3) is 2.89. The van der Waals surface area contributed by atoms with Gasteiger partial charge in [-0.05, 0) is 37.6 Å². The third-order valence-corrected chi connectivity index (χ3v) is 4.75. The number of hydrogen-bond donors (Lipinski definition) is 0. The molecule has 124 valence electrons. The maximum atomic E-state index is 12.8. The molecule has 1 heterocycles. The predicted octanol–water partition coefficient (Wildman–Crippen LogP) is 3.53. The van der Waals surface area contributed by atoms with Crippen molar-refractivity contribution < 1.29 is 9.59 Å². The Morgan fingerprint density at radius 3 is 2.46 bits per heavy atom. The van der Waals surface area contributed by atoms with Crippen LogP contribution in [0.15, 0.2) is 48.5 Å². The van der Waals surface area contributed by atoms with E-state index in [1.807, 2.05) is 43.3 Å². The summed E-state index contributed by atoms with van der Waals surface area (Å²) in [6, 6.07) is 14.2. The van der Waals surface area contributed by atoms with Crippen LogP contribution in [0, 0.1) is 6.92 Å². The lowest BCUT2D eigenvalue weighted by Gasteiger charge is -2.39. The van der Waals surface area contributed by atoms with E-state index < -0.39 is 6.04 Å². The zero-order valence-corrected chi connectivity index (χ0v) is 14.5. The van der Waals surface area contributed by atoms with Gasteiger partial charge in [-0.1, -0.05) is 41.9 Å². The first kappa shape index (κ1) is 16.5. The molecule has 2 amide bonds. The van der Waals surface area contributed by atoms with Crippen molar-refractivity contribution in [3.05, 3.63) is 64.7 Å². The van der Waals surface area contributed by atoms with Crippen LogP contribution in [-0.2, 0) is 4.79 Å². The van der Waals surface area contributed by atoms with Gasteiger partial charge in [-0.15, -0.1) is 0 Å². The molecule has 0 aliphatic carbocycles. The van der Waals surface area contributed by atoms with Gasteiger partial charge in [0.15, 0.2) is 0 Å². The van der Waals surface area contributed by atoms with Gasteiger partial charge >= 0.3 is 0 Å². The van der Waals surface area contributed by atoms with E-state index in [0.717, 1.165) is 5.56 Å².